The molecule has 5 heteroatoms. The second-order valence-electron chi connectivity index (χ2n) is 4.55. The van der Waals surface area contributed by atoms with E-state index in [0.717, 1.165) is 11.0 Å². The molecule has 0 saturated heterocycles. The van der Waals surface area contributed by atoms with Crippen molar-refractivity contribution in [3.8, 4) is 5.75 Å². The standard InChI is InChI=1S/C15H12O5/c1-8-7-19-15(17)12(8)13-10(18-2)5-3-9-4-6-11(16)20-14(9)13/h3-6H,7H2,1-2H3. The molecule has 0 saturated carbocycles. The van der Waals surface area contributed by atoms with Crippen molar-refractivity contribution in [2.45, 2.75) is 6.92 Å². The Balaban J connectivity index is 2.43. The number of benzene rings is 1. The maximum atomic E-state index is 11.9. The molecule has 2 heterocycles. The van der Waals surface area contributed by atoms with Crippen molar-refractivity contribution >= 4 is 22.5 Å². The summed E-state index contributed by atoms with van der Waals surface area (Å²) in [5.41, 5.74) is 1.53. The first kappa shape index (κ1) is 12.5. The number of carbonyl (C=O) groups is 1. The van der Waals surface area contributed by atoms with E-state index < -0.39 is 11.6 Å². The van der Waals surface area contributed by atoms with Gasteiger partial charge < -0.3 is 13.9 Å². The van der Waals surface area contributed by atoms with Crippen LogP contribution < -0.4 is 10.4 Å². The van der Waals surface area contributed by atoms with Gasteiger partial charge in [0, 0.05) is 11.5 Å². The number of fused-ring (bicyclic) bond motifs is 1. The Morgan fingerprint density at radius 3 is 2.55 bits per heavy atom. The molecule has 1 aliphatic rings. The minimum atomic E-state index is -0.475. The summed E-state index contributed by atoms with van der Waals surface area (Å²) in [6.07, 6.45) is 0. The van der Waals surface area contributed by atoms with E-state index in [4.69, 9.17) is 13.9 Å². The van der Waals surface area contributed by atoms with Gasteiger partial charge >= 0.3 is 11.6 Å². The van der Waals surface area contributed by atoms with Crippen LogP contribution in [0.3, 0.4) is 0 Å². The minimum Gasteiger partial charge on any atom is -0.496 e. The maximum absolute atomic E-state index is 11.9. The Kier molecular flexibility index (Phi) is 2.82. The first-order valence-electron chi connectivity index (χ1n) is 6.10. The average molecular weight is 272 g/mol. The molecule has 0 N–H and O–H groups in total. The molecular weight excluding hydrogens is 260 g/mol. The van der Waals surface area contributed by atoms with Crippen LogP contribution in [-0.4, -0.2) is 19.7 Å². The molecule has 1 aliphatic heterocycles. The fraction of sp³-hybridized carbons (Fsp3) is 0.200. The molecule has 0 unspecified atom stereocenters. The van der Waals surface area contributed by atoms with Crippen molar-refractivity contribution in [2.75, 3.05) is 13.7 Å². The van der Waals surface area contributed by atoms with Gasteiger partial charge in [-0.1, -0.05) is 0 Å². The summed E-state index contributed by atoms with van der Waals surface area (Å²) in [6.45, 7) is 2.05. The summed E-state index contributed by atoms with van der Waals surface area (Å²) >= 11 is 0. The molecule has 0 spiro atoms. The van der Waals surface area contributed by atoms with Crippen LogP contribution in [-0.2, 0) is 9.53 Å². The van der Waals surface area contributed by atoms with E-state index in [0.29, 0.717) is 22.5 Å². The van der Waals surface area contributed by atoms with Crippen LogP contribution in [0, 0.1) is 0 Å². The lowest BCUT2D eigenvalue weighted by Gasteiger charge is -2.10. The highest BCUT2D eigenvalue weighted by atomic mass is 16.5. The van der Waals surface area contributed by atoms with E-state index in [1.165, 1.54) is 13.2 Å². The van der Waals surface area contributed by atoms with E-state index in [2.05, 4.69) is 0 Å². The summed E-state index contributed by atoms with van der Waals surface area (Å²) in [5, 5.41) is 0.723. The van der Waals surface area contributed by atoms with Gasteiger partial charge in [-0.15, -0.1) is 0 Å². The van der Waals surface area contributed by atoms with Crippen molar-refractivity contribution in [2.24, 2.45) is 0 Å². The van der Waals surface area contributed by atoms with Crippen molar-refractivity contribution in [1.82, 2.24) is 0 Å². The lowest BCUT2D eigenvalue weighted by atomic mass is 9.99. The van der Waals surface area contributed by atoms with E-state index in [-0.39, 0.29) is 6.61 Å². The van der Waals surface area contributed by atoms with E-state index in [1.54, 1.807) is 25.1 Å². The Hall–Kier alpha value is -2.56. The Labute approximate surface area is 114 Å². The van der Waals surface area contributed by atoms with Crippen LogP contribution >= 0.6 is 0 Å². The van der Waals surface area contributed by atoms with Gasteiger partial charge in [0.05, 0.1) is 18.2 Å². The number of cyclic esters (lactones) is 1. The summed E-state index contributed by atoms with van der Waals surface area (Å²) in [4.78, 5) is 23.4. The predicted octanol–water partition coefficient (Wildman–Crippen LogP) is 2.13. The number of hydrogen-bond acceptors (Lipinski definition) is 5. The first-order valence-corrected chi connectivity index (χ1v) is 6.10. The van der Waals surface area contributed by atoms with Gasteiger partial charge in [0.2, 0.25) is 0 Å². The molecule has 1 aromatic heterocycles. The van der Waals surface area contributed by atoms with Gasteiger partial charge in [-0.25, -0.2) is 9.59 Å². The molecule has 0 bridgehead atoms. The second kappa shape index (κ2) is 4.52. The van der Waals surface area contributed by atoms with Crippen molar-refractivity contribution < 1.29 is 18.7 Å². The van der Waals surface area contributed by atoms with Gasteiger partial charge in [0.15, 0.2) is 0 Å². The summed E-state index contributed by atoms with van der Waals surface area (Å²) in [5.74, 6) is 0.0415. The van der Waals surface area contributed by atoms with Gasteiger partial charge in [-0.2, -0.15) is 0 Å². The zero-order chi connectivity index (χ0) is 14.3. The fourth-order valence-electron chi connectivity index (χ4n) is 2.33. The van der Waals surface area contributed by atoms with E-state index >= 15 is 0 Å². The predicted molar refractivity (Wildman–Crippen MR) is 72.6 cm³/mol. The normalized spacial score (nSPS) is 14.8. The molecule has 2 aromatic rings. The van der Waals surface area contributed by atoms with Gasteiger partial charge in [0.1, 0.15) is 17.9 Å². The Morgan fingerprint density at radius 1 is 1.15 bits per heavy atom. The quantitative estimate of drug-likeness (QED) is 0.619. The third kappa shape index (κ3) is 1.79. The Morgan fingerprint density at radius 2 is 1.90 bits per heavy atom. The molecule has 0 amide bonds. The third-order valence-corrected chi connectivity index (χ3v) is 3.27. The molecular formula is C15H12O5. The molecule has 0 aliphatic carbocycles. The lowest BCUT2D eigenvalue weighted by Crippen LogP contribution is -2.04. The zero-order valence-electron chi connectivity index (χ0n) is 11.1. The van der Waals surface area contributed by atoms with Gasteiger partial charge in [-0.3, -0.25) is 0 Å². The SMILES string of the molecule is COc1ccc2ccc(=O)oc2c1C1=C(C)COC1=O. The van der Waals surface area contributed by atoms with E-state index in [1.807, 2.05) is 0 Å². The number of esters is 1. The molecule has 5 nitrogen and oxygen atoms in total. The topological polar surface area (TPSA) is 65.7 Å². The highest BCUT2D eigenvalue weighted by molar-refractivity contribution is 6.23. The molecule has 102 valence electrons. The van der Waals surface area contributed by atoms with E-state index in [9.17, 15) is 9.59 Å². The zero-order valence-corrected chi connectivity index (χ0v) is 11.1. The maximum Gasteiger partial charge on any atom is 0.339 e. The van der Waals surface area contributed by atoms with Crippen LogP contribution in [0.1, 0.15) is 12.5 Å². The number of hydrogen-bond donors (Lipinski definition) is 0. The molecule has 1 aromatic carbocycles. The summed E-state index contributed by atoms with van der Waals surface area (Å²) in [7, 11) is 1.50. The summed E-state index contributed by atoms with van der Waals surface area (Å²) < 4.78 is 15.6. The van der Waals surface area contributed by atoms with Crippen LogP contribution in [0.5, 0.6) is 5.75 Å². The van der Waals surface area contributed by atoms with Gasteiger partial charge in [0.25, 0.3) is 0 Å². The smallest absolute Gasteiger partial charge is 0.339 e. The summed E-state index contributed by atoms with van der Waals surface area (Å²) in [6, 6.07) is 6.51. The van der Waals surface area contributed by atoms with Crippen LogP contribution in [0.25, 0.3) is 16.5 Å². The molecule has 3 rings (SSSR count). The number of rotatable bonds is 2. The van der Waals surface area contributed by atoms with Crippen LogP contribution in [0.4, 0.5) is 0 Å². The highest BCUT2D eigenvalue weighted by Crippen LogP contribution is 2.37. The molecule has 0 fully saturated rings. The minimum absolute atomic E-state index is 0.241. The largest absolute Gasteiger partial charge is 0.496 e. The van der Waals surface area contributed by atoms with Crippen LogP contribution in [0.2, 0.25) is 0 Å². The van der Waals surface area contributed by atoms with Crippen molar-refractivity contribution in [1.29, 1.82) is 0 Å². The first-order chi connectivity index (χ1) is 9.61. The Bertz CT molecular complexity index is 798. The van der Waals surface area contributed by atoms with Gasteiger partial charge in [-0.05, 0) is 30.7 Å². The number of carbonyl (C=O) groups excluding carboxylic acids is 1. The molecule has 0 atom stereocenters. The fourth-order valence-corrected chi connectivity index (χ4v) is 2.33. The number of ether oxygens (including phenoxy) is 2. The van der Waals surface area contributed by atoms with Crippen LogP contribution in [0.15, 0.2) is 39.1 Å². The van der Waals surface area contributed by atoms with Crippen molar-refractivity contribution in [3.63, 3.8) is 0 Å². The highest BCUT2D eigenvalue weighted by Gasteiger charge is 2.29. The monoisotopic (exact) mass is 272 g/mol. The number of methoxy groups -OCH3 is 1. The molecule has 0 radical (unpaired) electrons. The van der Waals surface area contributed by atoms with Crippen molar-refractivity contribution in [3.05, 3.63) is 45.8 Å². The second-order valence-corrected chi connectivity index (χ2v) is 4.55. The average Bonchev–Trinajstić information content (AvgIpc) is 2.77. The third-order valence-electron chi connectivity index (χ3n) is 3.27. The lowest BCUT2D eigenvalue weighted by molar-refractivity contribution is -0.134. The molecule has 20 heavy (non-hydrogen) atoms.